The summed E-state index contributed by atoms with van der Waals surface area (Å²) >= 11 is -0.0391. The number of unbranched alkanes of at least 4 members (excludes halogenated alkanes) is 7. The van der Waals surface area contributed by atoms with Crippen molar-refractivity contribution in [1.29, 1.82) is 0 Å². The van der Waals surface area contributed by atoms with Crippen LogP contribution < -0.4 is 0 Å². The Labute approximate surface area is 169 Å². The fourth-order valence-corrected chi connectivity index (χ4v) is 2.45. The van der Waals surface area contributed by atoms with Crippen molar-refractivity contribution in [3.05, 3.63) is 12.4 Å². The Morgan fingerprint density at radius 2 is 1.29 bits per heavy atom. The van der Waals surface area contributed by atoms with E-state index in [1.165, 1.54) is 57.9 Å². The fraction of sp³-hybridized carbons (Fsp3) is 0.857. The fourth-order valence-electron chi connectivity index (χ4n) is 2.22. The third kappa shape index (κ3) is 27.5. The van der Waals surface area contributed by atoms with E-state index in [1.807, 2.05) is 0 Å². The van der Waals surface area contributed by atoms with Gasteiger partial charge in [0.05, 0.1) is 6.67 Å². The predicted molar refractivity (Wildman–Crippen MR) is 124 cm³/mol. The molecule has 0 aromatic rings. The number of nitrogens with zero attached hydrogens (tertiary/aromatic N) is 2. The van der Waals surface area contributed by atoms with E-state index in [4.69, 9.17) is 18.9 Å². The van der Waals surface area contributed by atoms with Crippen LogP contribution in [-0.2, 0) is 0 Å². The molecule has 24 heavy (non-hydrogen) atoms. The van der Waals surface area contributed by atoms with Crippen LogP contribution in [0.5, 0.6) is 0 Å². The predicted octanol–water partition coefficient (Wildman–Crippen LogP) is 8.32. The third-order valence-corrected chi connectivity index (χ3v) is 3.61. The van der Waals surface area contributed by atoms with Gasteiger partial charge in [-0.1, -0.05) is 38.5 Å². The zero-order valence-corrected chi connectivity index (χ0v) is 23.8. The summed E-state index contributed by atoms with van der Waals surface area (Å²) < 4.78 is 0. The van der Waals surface area contributed by atoms with Crippen LogP contribution in [0.1, 0.15) is 51.4 Å². The molecule has 0 saturated heterocycles. The monoisotopic (exact) mass is 762 g/mol. The summed E-state index contributed by atoms with van der Waals surface area (Å²) in [5, 5.41) is 0. The second kappa shape index (κ2) is 12.1. The van der Waals surface area contributed by atoms with Gasteiger partial charge in [0.25, 0.3) is 0 Å². The van der Waals surface area contributed by atoms with Gasteiger partial charge >= 0.3 is 60.7 Å². The van der Waals surface area contributed by atoms with Crippen molar-refractivity contribution in [3.63, 3.8) is 0 Å². The zero-order chi connectivity index (χ0) is 18.8. The summed E-state index contributed by atoms with van der Waals surface area (Å²) in [6.45, 7) is 2.30. The van der Waals surface area contributed by atoms with Gasteiger partial charge in [-0.2, -0.15) is 12.6 Å². The number of rotatable bonds is 10. The molecule has 0 spiro atoms. The topological polar surface area (TPSA) is 6.48 Å². The van der Waals surface area contributed by atoms with Crippen LogP contribution >= 0.6 is 60.4 Å². The summed E-state index contributed by atoms with van der Waals surface area (Å²) in [4.78, 5) is 4.62. The first-order valence-corrected chi connectivity index (χ1v) is 29.5. The molecular formula is C14H28Br3Cl3DyN2S. The average Bonchev–Trinajstić information content (AvgIpc) is 2.79. The number of hydrogen-bond acceptors (Lipinski definition) is 3. The van der Waals surface area contributed by atoms with Crippen LogP contribution in [0.4, 0.5) is 0 Å². The first-order valence-electron chi connectivity index (χ1n) is 7.78. The van der Waals surface area contributed by atoms with Crippen LogP contribution in [0.3, 0.4) is 0 Å². The normalized spacial score (nSPS) is 17.3. The van der Waals surface area contributed by atoms with Crippen LogP contribution in [-0.4, -0.2) is 35.8 Å². The Morgan fingerprint density at radius 1 is 0.875 bits per heavy atom. The van der Waals surface area contributed by atoms with Crippen molar-refractivity contribution in [2.45, 2.75) is 51.4 Å². The van der Waals surface area contributed by atoms with Gasteiger partial charge in [-0.3, -0.25) is 0 Å². The summed E-state index contributed by atoms with van der Waals surface area (Å²) in [7, 11) is 10.8. The van der Waals surface area contributed by atoms with Gasteiger partial charge in [-0.05, 0) is 18.6 Å². The van der Waals surface area contributed by atoms with Gasteiger partial charge in [-0.25, -0.2) is 0 Å². The maximum absolute atomic E-state index is 5.50. The first-order chi connectivity index (χ1) is 10.8. The minimum atomic E-state index is -4.27. The van der Waals surface area contributed by atoms with Crippen molar-refractivity contribution in [1.82, 2.24) is 9.80 Å². The van der Waals surface area contributed by atoms with Gasteiger partial charge in [0.15, 0.2) is 0 Å². The maximum atomic E-state index is 5.50. The average molecular weight is 765 g/mol. The third-order valence-electron chi connectivity index (χ3n) is 3.29. The molecule has 1 aliphatic rings. The van der Waals surface area contributed by atoms with E-state index in [0.29, 0.717) is 0 Å². The molecule has 1 heterocycles. The Hall–Kier alpha value is 3.27. The van der Waals surface area contributed by atoms with Gasteiger partial charge in [0, 0.05) is 26.0 Å². The van der Waals surface area contributed by atoms with E-state index in [1.54, 1.807) is 0 Å². The molecule has 0 radical (unpaired) electrons. The molecule has 0 atom stereocenters. The van der Waals surface area contributed by atoms with Gasteiger partial charge in [-0.15, -0.1) is 0 Å². The molecule has 0 bridgehead atoms. The summed E-state index contributed by atoms with van der Waals surface area (Å²) in [5.74, 6) is 1.05. The molecule has 10 heteroatoms. The van der Waals surface area contributed by atoms with Crippen molar-refractivity contribution in [2.75, 3.05) is 26.0 Å². The quantitative estimate of drug-likeness (QED) is 0.177. The summed E-state index contributed by atoms with van der Waals surface area (Å²) in [5.41, 5.74) is 0. The van der Waals surface area contributed by atoms with Crippen molar-refractivity contribution < 1.29 is 13.0 Å². The SMILES string of the molecule is CN1C=CN(CCCCCCCCCCS)C1.[Cl][Dy]([Cl])([Cl])([Br])([Br])[Br]. The van der Waals surface area contributed by atoms with E-state index in [-0.39, 0.29) is 0 Å². The van der Waals surface area contributed by atoms with E-state index in [9.17, 15) is 0 Å². The Bertz CT molecular complexity index is 368. The van der Waals surface area contributed by atoms with Crippen molar-refractivity contribution >= 4 is 60.4 Å². The summed E-state index contributed by atoms with van der Waals surface area (Å²) in [6, 6.07) is 0. The van der Waals surface area contributed by atoms with Crippen molar-refractivity contribution in [2.24, 2.45) is 0 Å². The number of halogens is 6. The molecule has 152 valence electrons. The molecule has 0 saturated carbocycles. The molecule has 2 nitrogen and oxygen atoms in total. The molecule has 0 unspecified atom stereocenters. The molecule has 0 amide bonds. The number of hydrogen-bond donors (Lipinski definition) is 1. The molecule has 0 aromatic heterocycles. The van der Waals surface area contributed by atoms with Crippen LogP contribution in [0.25, 0.3) is 0 Å². The molecule has 0 fully saturated rings. The van der Waals surface area contributed by atoms with E-state index in [0.717, 1.165) is 12.4 Å². The van der Waals surface area contributed by atoms with E-state index >= 15 is 0 Å². The Balaban J connectivity index is 0.000000640. The Kier molecular flexibility index (Phi) is 13.7. The van der Waals surface area contributed by atoms with E-state index in [2.05, 4.69) is 70.7 Å². The van der Waals surface area contributed by atoms with Crippen LogP contribution in [0, 0.1) is 13.0 Å². The van der Waals surface area contributed by atoms with Gasteiger partial charge < -0.3 is 9.80 Å². The number of thiol groups is 1. The standard InChI is InChI=1S/C14H28N2S.3BrH.3ClH.Dy/c1-15-11-12-16(14-15)10-8-6-4-2-3-5-7-9-13-17;;;;;;;/h11-12,17H,2-10,13-14H2,1H3;6*1H;/q;;;;;;;+6/p-6. The summed E-state index contributed by atoms with van der Waals surface area (Å²) in [6.07, 6.45) is 31.9. The molecule has 0 aromatic carbocycles. The second-order valence-electron chi connectivity index (χ2n) is 5.74. The molecule has 1 aliphatic heterocycles. The van der Waals surface area contributed by atoms with Crippen molar-refractivity contribution in [3.8, 4) is 0 Å². The van der Waals surface area contributed by atoms with E-state index < -0.39 is 13.0 Å². The Morgan fingerprint density at radius 3 is 1.67 bits per heavy atom. The van der Waals surface area contributed by atoms with Gasteiger partial charge in [0.2, 0.25) is 0 Å². The molecular weight excluding hydrogens is 737 g/mol. The minimum absolute atomic E-state index is 1.05. The van der Waals surface area contributed by atoms with Crippen LogP contribution in [0.2, 0.25) is 0 Å². The molecule has 0 N–H and O–H groups in total. The first kappa shape index (κ1) is 27.3. The molecule has 1 rings (SSSR count). The van der Waals surface area contributed by atoms with Crippen LogP contribution in [0.15, 0.2) is 12.4 Å². The second-order valence-corrected chi connectivity index (χ2v) is 88.7. The zero-order valence-electron chi connectivity index (χ0n) is 13.9. The van der Waals surface area contributed by atoms with Gasteiger partial charge in [0.1, 0.15) is 0 Å². The molecule has 0 aliphatic carbocycles.